The molecule has 0 aliphatic heterocycles. The van der Waals surface area contributed by atoms with E-state index in [-0.39, 0.29) is 44.1 Å². The summed E-state index contributed by atoms with van der Waals surface area (Å²) in [7, 11) is 0. The zero-order valence-electron chi connectivity index (χ0n) is 17.7. The molecule has 0 radical (unpaired) electrons. The topological polar surface area (TPSA) is 118 Å². The molecule has 0 aromatic heterocycles. The van der Waals surface area contributed by atoms with Crippen LogP contribution in [0.5, 0.6) is 23.0 Å². The fourth-order valence-corrected chi connectivity index (χ4v) is 2.69. The molecule has 0 bridgehead atoms. The fourth-order valence-electron chi connectivity index (χ4n) is 2.69. The summed E-state index contributed by atoms with van der Waals surface area (Å²) in [6, 6.07) is 15.8. The molecule has 0 atom stereocenters. The first-order chi connectivity index (χ1) is 15.3. The number of phenols is 2. The number of para-hydroxylation sites is 2. The SMILES string of the molecule is CC(=O)Oc1ccc(O)c(C=Nc2ccccc2N=Cc2cc(OC(C)=O)ccc2O)c1.[Pt]. The van der Waals surface area contributed by atoms with Gasteiger partial charge in [-0.15, -0.1) is 0 Å². The van der Waals surface area contributed by atoms with E-state index in [2.05, 4.69) is 9.98 Å². The number of ether oxygens (including phenoxy) is 2. The fraction of sp³-hybridized carbons (Fsp3) is 0.0833. The van der Waals surface area contributed by atoms with Crippen molar-refractivity contribution in [1.82, 2.24) is 0 Å². The molecule has 9 heteroatoms. The number of rotatable bonds is 6. The molecule has 33 heavy (non-hydrogen) atoms. The Morgan fingerprint density at radius 2 is 1.12 bits per heavy atom. The van der Waals surface area contributed by atoms with Crippen molar-refractivity contribution in [3.8, 4) is 23.0 Å². The van der Waals surface area contributed by atoms with E-state index in [1.165, 1.54) is 62.7 Å². The zero-order valence-corrected chi connectivity index (χ0v) is 19.9. The van der Waals surface area contributed by atoms with Crippen molar-refractivity contribution in [3.05, 3.63) is 71.8 Å². The third-order valence-corrected chi connectivity index (χ3v) is 4.09. The van der Waals surface area contributed by atoms with E-state index in [1.54, 1.807) is 24.3 Å². The summed E-state index contributed by atoms with van der Waals surface area (Å²) in [5.74, 6) is -0.438. The van der Waals surface area contributed by atoms with Crippen molar-refractivity contribution < 1.29 is 50.3 Å². The molecular formula is C24H20N2O6Pt. The van der Waals surface area contributed by atoms with Crippen LogP contribution in [0.25, 0.3) is 0 Å². The van der Waals surface area contributed by atoms with Crippen LogP contribution in [0, 0.1) is 0 Å². The van der Waals surface area contributed by atoms with Crippen molar-refractivity contribution in [1.29, 1.82) is 0 Å². The second kappa shape index (κ2) is 11.7. The quantitative estimate of drug-likeness (QED) is 0.237. The maximum Gasteiger partial charge on any atom is 0.308 e. The standard InChI is InChI=1S/C24H20N2O6.Pt/c1-15(27)31-19-7-9-23(29)17(11-19)13-25-21-5-3-4-6-22(21)26-14-18-12-20(32-16(2)28)8-10-24(18)30;/h3-14,29-30H,1-2H3;. The molecule has 0 spiro atoms. The average molecular weight is 628 g/mol. The third kappa shape index (κ3) is 7.40. The number of esters is 2. The molecule has 3 aromatic carbocycles. The summed E-state index contributed by atoms with van der Waals surface area (Å²) in [5.41, 5.74) is 1.71. The van der Waals surface area contributed by atoms with E-state index in [0.717, 1.165) is 0 Å². The van der Waals surface area contributed by atoms with E-state index >= 15 is 0 Å². The number of carbonyl (C=O) groups is 2. The summed E-state index contributed by atoms with van der Waals surface area (Å²) >= 11 is 0. The molecule has 3 rings (SSSR count). The first kappa shape index (κ1) is 25.5. The largest absolute Gasteiger partial charge is 0.507 e. The van der Waals surface area contributed by atoms with Gasteiger partial charge in [0, 0.05) is 58.5 Å². The smallest absolute Gasteiger partial charge is 0.308 e. The molecule has 0 aliphatic rings. The molecule has 0 unspecified atom stereocenters. The molecule has 2 N–H and O–H groups in total. The minimum atomic E-state index is -0.473. The van der Waals surface area contributed by atoms with Crippen molar-refractivity contribution in [2.24, 2.45) is 9.98 Å². The van der Waals surface area contributed by atoms with Crippen LogP contribution >= 0.6 is 0 Å². The van der Waals surface area contributed by atoms with Gasteiger partial charge >= 0.3 is 11.9 Å². The predicted molar refractivity (Wildman–Crippen MR) is 120 cm³/mol. The molecule has 8 nitrogen and oxygen atoms in total. The summed E-state index contributed by atoms with van der Waals surface area (Å²) in [6.45, 7) is 2.57. The summed E-state index contributed by atoms with van der Waals surface area (Å²) < 4.78 is 10.1. The van der Waals surface area contributed by atoms with Gasteiger partial charge in [-0.2, -0.15) is 0 Å². The average Bonchev–Trinajstić information content (AvgIpc) is 2.74. The molecule has 3 aromatic rings. The van der Waals surface area contributed by atoms with Crippen molar-refractivity contribution in [2.45, 2.75) is 13.8 Å². The minimum Gasteiger partial charge on any atom is -0.507 e. The first-order valence-corrected chi connectivity index (χ1v) is 9.52. The van der Waals surface area contributed by atoms with Gasteiger partial charge in [0.05, 0.1) is 11.4 Å². The number of aliphatic imine (C=N–C) groups is 2. The molecule has 0 amide bonds. The van der Waals surface area contributed by atoms with Crippen molar-refractivity contribution in [2.75, 3.05) is 0 Å². The number of nitrogens with zero attached hydrogens (tertiary/aromatic N) is 2. The summed E-state index contributed by atoms with van der Waals surface area (Å²) in [5, 5.41) is 20.1. The molecule has 0 saturated heterocycles. The van der Waals surface area contributed by atoms with Crippen LogP contribution in [0.2, 0.25) is 0 Å². The van der Waals surface area contributed by atoms with Crippen LogP contribution in [0.1, 0.15) is 25.0 Å². The van der Waals surface area contributed by atoms with E-state index in [4.69, 9.17) is 9.47 Å². The van der Waals surface area contributed by atoms with Gasteiger partial charge in [0.2, 0.25) is 0 Å². The maximum absolute atomic E-state index is 11.1. The van der Waals surface area contributed by atoms with Crippen LogP contribution in [-0.2, 0) is 30.7 Å². The van der Waals surface area contributed by atoms with Crippen LogP contribution in [0.15, 0.2) is 70.6 Å². The van der Waals surface area contributed by atoms with Gasteiger partial charge in [-0.25, -0.2) is 0 Å². The Bertz CT molecular complexity index is 1130. The van der Waals surface area contributed by atoms with Gasteiger partial charge in [-0.05, 0) is 48.5 Å². The van der Waals surface area contributed by atoms with Gasteiger partial charge in [-0.3, -0.25) is 19.6 Å². The normalized spacial score (nSPS) is 10.7. The van der Waals surface area contributed by atoms with E-state index in [0.29, 0.717) is 22.5 Å². The number of aromatic hydroxyl groups is 2. The van der Waals surface area contributed by atoms with Gasteiger partial charge in [0.15, 0.2) is 0 Å². The molecule has 0 heterocycles. The first-order valence-electron chi connectivity index (χ1n) is 9.52. The van der Waals surface area contributed by atoms with Gasteiger partial charge in [-0.1, -0.05) is 12.1 Å². The number of phenolic OH excluding ortho intramolecular Hbond substituents is 2. The Balaban J connectivity index is 0.00000385. The van der Waals surface area contributed by atoms with Gasteiger partial charge in [0.25, 0.3) is 0 Å². The van der Waals surface area contributed by atoms with Crippen LogP contribution in [-0.4, -0.2) is 34.6 Å². The van der Waals surface area contributed by atoms with Gasteiger partial charge < -0.3 is 19.7 Å². The van der Waals surface area contributed by atoms with Crippen LogP contribution < -0.4 is 9.47 Å². The van der Waals surface area contributed by atoms with Crippen molar-refractivity contribution in [3.63, 3.8) is 0 Å². The van der Waals surface area contributed by atoms with E-state index in [9.17, 15) is 19.8 Å². The Hall–Kier alpha value is -3.77. The molecule has 0 saturated carbocycles. The van der Waals surface area contributed by atoms with Crippen LogP contribution in [0.4, 0.5) is 11.4 Å². The summed E-state index contributed by atoms with van der Waals surface area (Å²) in [6.07, 6.45) is 2.85. The third-order valence-electron chi connectivity index (χ3n) is 4.09. The molecule has 0 aliphatic carbocycles. The Labute approximate surface area is 204 Å². The minimum absolute atomic E-state index is 0. The number of benzene rings is 3. The molecule has 172 valence electrons. The van der Waals surface area contributed by atoms with Crippen molar-refractivity contribution >= 4 is 35.7 Å². The Morgan fingerprint density at radius 3 is 1.48 bits per heavy atom. The number of hydrogen-bond acceptors (Lipinski definition) is 8. The van der Waals surface area contributed by atoms with Gasteiger partial charge in [0.1, 0.15) is 23.0 Å². The predicted octanol–water partition coefficient (Wildman–Crippen LogP) is 4.45. The Kier molecular flexibility index (Phi) is 9.06. The van der Waals surface area contributed by atoms with Crippen LogP contribution in [0.3, 0.4) is 0 Å². The summed E-state index contributed by atoms with van der Waals surface area (Å²) in [4.78, 5) is 31.0. The second-order valence-electron chi connectivity index (χ2n) is 6.63. The number of hydrogen-bond donors (Lipinski definition) is 2. The molecular weight excluding hydrogens is 607 g/mol. The maximum atomic E-state index is 11.1. The molecule has 0 fully saturated rings. The van der Waals surface area contributed by atoms with E-state index in [1.807, 2.05) is 0 Å². The monoisotopic (exact) mass is 627 g/mol. The number of carbonyl (C=O) groups excluding carboxylic acids is 2. The zero-order chi connectivity index (χ0) is 23.1. The second-order valence-corrected chi connectivity index (χ2v) is 6.63. The Morgan fingerprint density at radius 1 is 0.727 bits per heavy atom. The van der Waals surface area contributed by atoms with E-state index < -0.39 is 11.9 Å².